The van der Waals surface area contributed by atoms with Gasteiger partial charge in [0.05, 0.1) is 18.0 Å². The molecular weight excluding hydrogens is 474 g/mol. The molecule has 2 heterocycles. The molecule has 4 aromatic rings. The van der Waals surface area contributed by atoms with E-state index in [0.717, 1.165) is 37.0 Å². The number of benzene rings is 2. The Morgan fingerprint density at radius 2 is 1.97 bits per heavy atom. The number of amides is 1. The van der Waals surface area contributed by atoms with E-state index in [1.54, 1.807) is 29.9 Å². The number of carbonyl (C=O) groups is 1. The maximum atomic E-state index is 13.5. The lowest BCUT2D eigenvalue weighted by Gasteiger charge is -2.15. The first-order valence-electron chi connectivity index (χ1n) is 12.4. The summed E-state index contributed by atoms with van der Waals surface area (Å²) in [6.07, 6.45) is 4.32. The molecule has 2 aromatic carbocycles. The minimum Gasteiger partial charge on any atom is -0.497 e. The Morgan fingerprint density at radius 3 is 2.72 bits per heavy atom. The van der Waals surface area contributed by atoms with Gasteiger partial charge in [0, 0.05) is 23.9 Å². The predicted octanol–water partition coefficient (Wildman–Crippen LogP) is 4.67. The Hall–Kier alpha value is -3.33. The average molecular weight is 506 g/mol. The third-order valence-corrected chi connectivity index (χ3v) is 7.57. The van der Waals surface area contributed by atoms with Gasteiger partial charge in [-0.15, -0.1) is 10.2 Å². The Bertz CT molecular complexity index is 1470. The lowest BCUT2D eigenvalue weighted by atomic mass is 10.1. The number of thioether (sulfide) groups is 1. The second-order valence-corrected chi connectivity index (χ2v) is 10.7. The fourth-order valence-electron chi connectivity index (χ4n) is 4.80. The topological polar surface area (TPSA) is 90.5 Å². The molecule has 8 nitrogen and oxygen atoms in total. The second-order valence-electron chi connectivity index (χ2n) is 9.75. The number of methoxy groups -OCH3 is 1. The van der Waals surface area contributed by atoms with E-state index in [4.69, 9.17) is 4.74 Å². The quantitative estimate of drug-likeness (QED) is 0.350. The lowest BCUT2D eigenvalue weighted by molar-refractivity contribution is 0.0938. The largest absolute Gasteiger partial charge is 0.497 e. The van der Waals surface area contributed by atoms with Crippen LogP contribution in [0.3, 0.4) is 0 Å². The van der Waals surface area contributed by atoms with Gasteiger partial charge >= 0.3 is 0 Å². The molecule has 1 aliphatic carbocycles. The number of ether oxygens (including phenoxy) is 1. The summed E-state index contributed by atoms with van der Waals surface area (Å²) in [6.45, 7) is 4.66. The molecule has 0 unspecified atom stereocenters. The summed E-state index contributed by atoms with van der Waals surface area (Å²) < 4.78 is 8.95. The van der Waals surface area contributed by atoms with Gasteiger partial charge < -0.3 is 10.1 Å². The van der Waals surface area contributed by atoms with Crippen molar-refractivity contribution in [3.63, 3.8) is 0 Å². The monoisotopic (exact) mass is 505 g/mol. The number of fused-ring (bicyclic) bond motifs is 3. The van der Waals surface area contributed by atoms with Crippen LogP contribution in [0.25, 0.3) is 16.7 Å². The Balaban J connectivity index is 1.59. The Labute approximate surface area is 214 Å². The molecular formula is C27H31N5O3S. The highest BCUT2D eigenvalue weighted by Crippen LogP contribution is 2.27. The van der Waals surface area contributed by atoms with Crippen molar-refractivity contribution in [1.82, 2.24) is 24.5 Å². The van der Waals surface area contributed by atoms with Crippen LogP contribution in [0.4, 0.5) is 0 Å². The molecule has 188 valence electrons. The highest BCUT2D eigenvalue weighted by Gasteiger charge is 2.21. The van der Waals surface area contributed by atoms with Crippen molar-refractivity contribution in [2.24, 2.45) is 5.92 Å². The smallest absolute Gasteiger partial charge is 0.262 e. The van der Waals surface area contributed by atoms with Gasteiger partial charge in [-0.25, -0.2) is 0 Å². The average Bonchev–Trinajstić information content (AvgIpc) is 3.55. The number of nitrogens with zero attached hydrogens (tertiary/aromatic N) is 4. The van der Waals surface area contributed by atoms with E-state index in [1.165, 1.54) is 11.8 Å². The van der Waals surface area contributed by atoms with Crippen LogP contribution in [0.15, 0.2) is 52.4 Å². The first-order chi connectivity index (χ1) is 17.4. The summed E-state index contributed by atoms with van der Waals surface area (Å²) in [5.74, 6) is 2.09. The fraction of sp³-hybridized carbons (Fsp3) is 0.407. The van der Waals surface area contributed by atoms with Crippen molar-refractivity contribution >= 4 is 34.3 Å². The van der Waals surface area contributed by atoms with Gasteiger partial charge in [0.15, 0.2) is 5.16 Å². The summed E-state index contributed by atoms with van der Waals surface area (Å²) in [5.41, 5.74) is 2.15. The zero-order valence-corrected chi connectivity index (χ0v) is 21.7. The number of hydrogen-bond donors (Lipinski definition) is 1. The van der Waals surface area contributed by atoms with E-state index in [1.807, 2.05) is 28.7 Å². The highest BCUT2D eigenvalue weighted by molar-refractivity contribution is 7.98. The van der Waals surface area contributed by atoms with Gasteiger partial charge in [-0.1, -0.05) is 50.6 Å². The summed E-state index contributed by atoms with van der Waals surface area (Å²) in [7, 11) is 1.65. The van der Waals surface area contributed by atoms with Crippen molar-refractivity contribution < 1.29 is 9.53 Å². The molecule has 9 heteroatoms. The molecule has 1 amide bonds. The van der Waals surface area contributed by atoms with E-state index in [9.17, 15) is 9.59 Å². The van der Waals surface area contributed by atoms with Crippen molar-refractivity contribution in [3.8, 4) is 5.75 Å². The second kappa shape index (κ2) is 10.3. The molecule has 0 radical (unpaired) electrons. The van der Waals surface area contributed by atoms with Crippen LogP contribution in [0, 0.1) is 5.92 Å². The molecule has 1 N–H and O–H groups in total. The summed E-state index contributed by atoms with van der Waals surface area (Å²) in [4.78, 5) is 26.5. The number of rotatable bonds is 8. The van der Waals surface area contributed by atoms with Gasteiger partial charge in [-0.2, -0.15) is 0 Å². The lowest BCUT2D eigenvalue weighted by Crippen LogP contribution is -2.32. The molecule has 0 aliphatic heterocycles. The van der Waals surface area contributed by atoms with E-state index < -0.39 is 0 Å². The number of carbonyl (C=O) groups excluding carboxylic acids is 1. The molecule has 5 rings (SSSR count). The van der Waals surface area contributed by atoms with Crippen LogP contribution in [0.5, 0.6) is 5.75 Å². The minimum atomic E-state index is -0.120. The van der Waals surface area contributed by atoms with Crippen LogP contribution < -0.4 is 15.6 Å². The third-order valence-electron chi connectivity index (χ3n) is 6.57. The minimum absolute atomic E-state index is 0.109. The van der Waals surface area contributed by atoms with Gasteiger partial charge in [0.1, 0.15) is 5.75 Å². The van der Waals surface area contributed by atoms with Gasteiger partial charge in [0.2, 0.25) is 5.78 Å². The summed E-state index contributed by atoms with van der Waals surface area (Å²) in [5, 5.41) is 13.2. The molecule has 0 atom stereocenters. The van der Waals surface area contributed by atoms with Crippen molar-refractivity contribution in [2.45, 2.75) is 63.0 Å². The SMILES string of the molecule is COc1cccc(CSc2nnc3n(CC(C)C)c(=O)c4ccc(C(=O)NC5CCCC5)cc4n23)c1. The molecule has 0 spiro atoms. The molecule has 0 saturated heterocycles. The van der Waals surface area contributed by atoms with Crippen LogP contribution in [-0.2, 0) is 12.3 Å². The fourth-order valence-corrected chi connectivity index (χ4v) is 5.68. The van der Waals surface area contributed by atoms with E-state index in [2.05, 4.69) is 29.4 Å². The molecule has 1 saturated carbocycles. The van der Waals surface area contributed by atoms with Crippen molar-refractivity contribution in [1.29, 1.82) is 0 Å². The Morgan fingerprint density at radius 1 is 1.17 bits per heavy atom. The molecule has 0 bridgehead atoms. The van der Waals surface area contributed by atoms with Gasteiger partial charge in [-0.05, 0) is 54.7 Å². The van der Waals surface area contributed by atoms with Crippen LogP contribution in [-0.4, -0.2) is 38.2 Å². The zero-order valence-electron chi connectivity index (χ0n) is 20.9. The van der Waals surface area contributed by atoms with Gasteiger partial charge in [0.25, 0.3) is 11.5 Å². The van der Waals surface area contributed by atoms with Crippen molar-refractivity contribution in [2.75, 3.05) is 7.11 Å². The van der Waals surface area contributed by atoms with Crippen molar-refractivity contribution in [3.05, 3.63) is 63.9 Å². The Kier molecular flexibility index (Phi) is 7.00. The molecule has 1 aliphatic rings. The molecule has 36 heavy (non-hydrogen) atoms. The molecule has 2 aromatic heterocycles. The predicted molar refractivity (Wildman–Crippen MR) is 142 cm³/mol. The van der Waals surface area contributed by atoms with E-state index in [0.29, 0.717) is 39.7 Å². The van der Waals surface area contributed by atoms with Crippen LogP contribution in [0.2, 0.25) is 0 Å². The number of nitrogens with one attached hydrogen (secondary N) is 1. The van der Waals surface area contributed by atoms with Crippen LogP contribution >= 0.6 is 11.8 Å². The number of hydrogen-bond acceptors (Lipinski definition) is 6. The standard InChI is InChI=1S/C27H31N5O3S/c1-17(2)15-31-25(34)22-12-11-19(24(33)28-20-8-4-5-9-20)14-23(22)32-26(31)29-30-27(32)36-16-18-7-6-10-21(13-18)35-3/h6-7,10-14,17,20H,4-5,8-9,15-16H2,1-3H3,(H,28,33). The summed E-state index contributed by atoms with van der Waals surface area (Å²) in [6, 6.07) is 13.4. The highest BCUT2D eigenvalue weighted by atomic mass is 32.2. The molecule has 1 fully saturated rings. The zero-order chi connectivity index (χ0) is 25.2. The normalized spacial score (nSPS) is 14.2. The maximum absolute atomic E-state index is 13.5. The first-order valence-corrected chi connectivity index (χ1v) is 13.4. The van der Waals surface area contributed by atoms with E-state index >= 15 is 0 Å². The summed E-state index contributed by atoms with van der Waals surface area (Å²) >= 11 is 1.54. The van der Waals surface area contributed by atoms with Gasteiger partial charge in [-0.3, -0.25) is 18.6 Å². The van der Waals surface area contributed by atoms with Crippen LogP contribution in [0.1, 0.15) is 55.5 Å². The van der Waals surface area contributed by atoms with E-state index in [-0.39, 0.29) is 23.4 Å². The third kappa shape index (κ3) is 4.84. The first kappa shape index (κ1) is 24.4. The number of aromatic nitrogens is 4. The maximum Gasteiger partial charge on any atom is 0.262 e.